The Labute approximate surface area is 131 Å². The van der Waals surface area contributed by atoms with E-state index in [9.17, 15) is 21.6 Å². The van der Waals surface area contributed by atoms with Crippen LogP contribution in [-0.4, -0.2) is 26.0 Å². The zero-order valence-corrected chi connectivity index (χ0v) is 13.0. The monoisotopic (exact) mass is 346 g/mol. The van der Waals surface area contributed by atoms with Crippen molar-refractivity contribution in [3.63, 3.8) is 0 Å². The maximum absolute atomic E-state index is 12.6. The Kier molecular flexibility index (Phi) is 4.51. The zero-order chi connectivity index (χ0) is 17.3. The summed E-state index contributed by atoms with van der Waals surface area (Å²) in [7, 11) is -3.62. The number of rotatable bonds is 4. The van der Waals surface area contributed by atoms with E-state index in [1.807, 2.05) is 0 Å². The van der Waals surface area contributed by atoms with Gasteiger partial charge in [0.2, 0.25) is 10.0 Å². The second-order valence-electron chi connectivity index (χ2n) is 4.82. The predicted molar refractivity (Wildman–Crippen MR) is 79.6 cm³/mol. The standard InChI is InChI=1S/C14H13F3N2O3S/c1-9-5-6-18-8-12(9)11-4-3-10(19-23(2,20)21)7-13(11)22-14(15,16)17/h3-8,19H,1-2H3. The number of aryl methyl sites for hydroxylation is 1. The van der Waals surface area contributed by atoms with E-state index in [2.05, 4.69) is 14.4 Å². The molecule has 0 aliphatic heterocycles. The summed E-state index contributed by atoms with van der Waals surface area (Å²) in [5.41, 5.74) is 1.29. The molecule has 0 radical (unpaired) electrons. The molecule has 2 rings (SSSR count). The molecule has 1 aromatic carbocycles. The van der Waals surface area contributed by atoms with Crippen LogP contribution in [0.3, 0.4) is 0 Å². The van der Waals surface area contributed by atoms with Crippen LogP contribution in [0.15, 0.2) is 36.7 Å². The molecule has 0 amide bonds. The van der Waals surface area contributed by atoms with Crippen LogP contribution in [0, 0.1) is 6.92 Å². The third-order valence-electron chi connectivity index (χ3n) is 2.84. The van der Waals surface area contributed by atoms with E-state index in [-0.39, 0.29) is 11.3 Å². The zero-order valence-electron chi connectivity index (χ0n) is 12.2. The van der Waals surface area contributed by atoms with E-state index in [0.29, 0.717) is 11.1 Å². The number of halogens is 3. The van der Waals surface area contributed by atoms with Crippen LogP contribution in [0.2, 0.25) is 0 Å². The van der Waals surface area contributed by atoms with Crippen LogP contribution in [0.1, 0.15) is 5.56 Å². The molecule has 23 heavy (non-hydrogen) atoms. The van der Waals surface area contributed by atoms with E-state index in [0.717, 1.165) is 12.3 Å². The summed E-state index contributed by atoms with van der Waals surface area (Å²) in [5.74, 6) is -0.512. The summed E-state index contributed by atoms with van der Waals surface area (Å²) in [6.07, 6.45) is -1.08. The molecule has 1 heterocycles. The highest BCUT2D eigenvalue weighted by atomic mass is 32.2. The highest BCUT2D eigenvalue weighted by Crippen LogP contribution is 2.37. The minimum atomic E-state index is -4.91. The van der Waals surface area contributed by atoms with Crippen LogP contribution in [0.5, 0.6) is 5.75 Å². The Balaban J connectivity index is 2.56. The van der Waals surface area contributed by atoms with Gasteiger partial charge in [0.05, 0.1) is 11.9 Å². The largest absolute Gasteiger partial charge is 0.573 e. The molecular formula is C14H13F3N2O3S. The van der Waals surface area contributed by atoms with Crippen molar-refractivity contribution < 1.29 is 26.3 Å². The molecule has 0 spiro atoms. The minimum absolute atomic E-state index is 0.0305. The van der Waals surface area contributed by atoms with Gasteiger partial charge in [0, 0.05) is 29.6 Å². The number of nitrogens with one attached hydrogen (secondary N) is 1. The van der Waals surface area contributed by atoms with Crippen molar-refractivity contribution in [1.29, 1.82) is 0 Å². The summed E-state index contributed by atoms with van der Waals surface area (Å²) in [5, 5.41) is 0. The van der Waals surface area contributed by atoms with E-state index in [4.69, 9.17) is 0 Å². The average molecular weight is 346 g/mol. The Morgan fingerprint density at radius 3 is 2.43 bits per heavy atom. The molecule has 1 N–H and O–H groups in total. The van der Waals surface area contributed by atoms with Crippen molar-refractivity contribution in [2.75, 3.05) is 11.0 Å². The number of sulfonamides is 1. The third kappa shape index (κ3) is 4.85. The molecular weight excluding hydrogens is 333 g/mol. The second kappa shape index (κ2) is 6.07. The van der Waals surface area contributed by atoms with Gasteiger partial charge in [0.25, 0.3) is 0 Å². The Hall–Kier alpha value is -2.29. The van der Waals surface area contributed by atoms with E-state index in [1.165, 1.54) is 24.5 Å². The molecule has 0 bridgehead atoms. The Morgan fingerprint density at radius 1 is 1.17 bits per heavy atom. The van der Waals surface area contributed by atoms with Gasteiger partial charge in [-0.25, -0.2) is 8.42 Å². The molecule has 0 atom stereocenters. The Morgan fingerprint density at radius 2 is 1.87 bits per heavy atom. The highest BCUT2D eigenvalue weighted by Gasteiger charge is 2.32. The molecule has 1 aromatic heterocycles. The number of alkyl halides is 3. The number of hydrogen-bond acceptors (Lipinski definition) is 4. The fraction of sp³-hybridized carbons (Fsp3) is 0.214. The molecule has 0 aliphatic rings. The molecule has 0 fully saturated rings. The van der Waals surface area contributed by atoms with Gasteiger partial charge in [0.1, 0.15) is 5.75 Å². The van der Waals surface area contributed by atoms with E-state index < -0.39 is 22.1 Å². The first-order chi connectivity index (χ1) is 10.6. The molecule has 0 aliphatic carbocycles. The van der Waals surface area contributed by atoms with Gasteiger partial charge in [0.15, 0.2) is 0 Å². The lowest BCUT2D eigenvalue weighted by molar-refractivity contribution is -0.274. The summed E-state index contributed by atoms with van der Waals surface area (Å²) >= 11 is 0. The quantitative estimate of drug-likeness (QED) is 0.922. The van der Waals surface area contributed by atoms with Gasteiger partial charge in [-0.05, 0) is 30.7 Å². The van der Waals surface area contributed by atoms with Gasteiger partial charge >= 0.3 is 6.36 Å². The van der Waals surface area contributed by atoms with Crippen molar-refractivity contribution in [3.8, 4) is 16.9 Å². The average Bonchev–Trinajstić information content (AvgIpc) is 2.36. The number of benzene rings is 1. The Bertz CT molecular complexity index is 820. The summed E-state index contributed by atoms with van der Waals surface area (Å²) in [4.78, 5) is 3.89. The first-order valence-corrected chi connectivity index (χ1v) is 8.23. The molecule has 124 valence electrons. The van der Waals surface area contributed by atoms with Crippen molar-refractivity contribution in [2.24, 2.45) is 0 Å². The van der Waals surface area contributed by atoms with Crippen molar-refractivity contribution in [1.82, 2.24) is 4.98 Å². The van der Waals surface area contributed by atoms with Gasteiger partial charge in [-0.15, -0.1) is 13.2 Å². The second-order valence-corrected chi connectivity index (χ2v) is 6.57. The van der Waals surface area contributed by atoms with Crippen LogP contribution >= 0.6 is 0 Å². The summed E-state index contributed by atoms with van der Waals surface area (Å²) < 4.78 is 66.5. The van der Waals surface area contributed by atoms with Crippen LogP contribution in [-0.2, 0) is 10.0 Å². The van der Waals surface area contributed by atoms with E-state index in [1.54, 1.807) is 13.0 Å². The van der Waals surface area contributed by atoms with Gasteiger partial charge < -0.3 is 4.74 Å². The van der Waals surface area contributed by atoms with Crippen LogP contribution in [0.4, 0.5) is 18.9 Å². The lowest BCUT2D eigenvalue weighted by atomic mass is 10.0. The predicted octanol–water partition coefficient (Wildman–Crippen LogP) is 3.33. The number of aromatic nitrogens is 1. The molecule has 0 unspecified atom stereocenters. The normalized spacial score (nSPS) is 12.0. The summed E-state index contributed by atoms with van der Waals surface area (Å²) in [6.45, 7) is 1.72. The van der Waals surface area contributed by atoms with Crippen molar-refractivity contribution in [2.45, 2.75) is 13.3 Å². The maximum Gasteiger partial charge on any atom is 0.573 e. The first-order valence-electron chi connectivity index (χ1n) is 6.34. The molecule has 9 heteroatoms. The third-order valence-corrected chi connectivity index (χ3v) is 3.45. The SMILES string of the molecule is Cc1ccncc1-c1ccc(NS(C)(=O)=O)cc1OC(F)(F)F. The molecule has 5 nitrogen and oxygen atoms in total. The first kappa shape index (κ1) is 17.1. The van der Waals surface area contributed by atoms with Gasteiger partial charge in [-0.1, -0.05) is 0 Å². The van der Waals surface area contributed by atoms with E-state index >= 15 is 0 Å². The highest BCUT2D eigenvalue weighted by molar-refractivity contribution is 7.92. The number of nitrogens with zero attached hydrogens (tertiary/aromatic N) is 1. The number of pyridine rings is 1. The van der Waals surface area contributed by atoms with Gasteiger partial charge in [-0.3, -0.25) is 9.71 Å². The van der Waals surface area contributed by atoms with Crippen LogP contribution in [0.25, 0.3) is 11.1 Å². The lowest BCUT2D eigenvalue weighted by Gasteiger charge is -2.16. The number of hydrogen-bond donors (Lipinski definition) is 1. The van der Waals surface area contributed by atoms with Crippen LogP contribution < -0.4 is 9.46 Å². The number of ether oxygens (including phenoxy) is 1. The fourth-order valence-electron chi connectivity index (χ4n) is 1.98. The number of anilines is 1. The van der Waals surface area contributed by atoms with Crippen molar-refractivity contribution in [3.05, 3.63) is 42.2 Å². The smallest absolute Gasteiger partial charge is 0.405 e. The lowest BCUT2D eigenvalue weighted by Crippen LogP contribution is -2.18. The summed E-state index contributed by atoms with van der Waals surface area (Å²) in [6, 6.07) is 5.33. The molecule has 0 saturated carbocycles. The fourth-order valence-corrected chi connectivity index (χ4v) is 2.53. The molecule has 0 saturated heterocycles. The van der Waals surface area contributed by atoms with Crippen molar-refractivity contribution >= 4 is 15.7 Å². The van der Waals surface area contributed by atoms with Gasteiger partial charge in [-0.2, -0.15) is 0 Å². The minimum Gasteiger partial charge on any atom is -0.405 e. The topological polar surface area (TPSA) is 68.3 Å². The maximum atomic E-state index is 12.6. The molecule has 2 aromatic rings.